The van der Waals surface area contributed by atoms with Gasteiger partial charge in [-0.2, -0.15) is 9.78 Å². The topological polar surface area (TPSA) is 51.0 Å². The Balaban J connectivity index is 2.78. The van der Waals surface area contributed by atoms with Crippen LogP contribution >= 0.6 is 0 Å². The Hall–Kier alpha value is -1.39. The molecule has 0 aromatic carbocycles. The maximum Gasteiger partial charge on any atom is 0.345 e. The first-order chi connectivity index (χ1) is 4.72. The predicted octanol–water partition coefficient (Wildman–Crippen LogP) is -0.192. The molecule has 0 unspecified atom stereocenters. The van der Waals surface area contributed by atoms with Crippen LogP contribution < -0.4 is 0 Å². The summed E-state index contributed by atoms with van der Waals surface area (Å²) in [4.78, 5) is 16.0. The monoisotopic (exact) mass is 140 g/mol. The smallest absolute Gasteiger partial charge is 0.329 e. The summed E-state index contributed by atoms with van der Waals surface area (Å²) in [5.41, 5.74) is 0. The average molecular weight is 140 g/mol. The van der Waals surface area contributed by atoms with Crippen molar-refractivity contribution in [1.29, 1.82) is 0 Å². The molecule has 0 radical (unpaired) electrons. The Morgan fingerprint density at radius 2 is 2.30 bits per heavy atom. The van der Waals surface area contributed by atoms with Gasteiger partial charge in [-0.05, 0) is 0 Å². The van der Waals surface area contributed by atoms with Crippen LogP contribution in [0.1, 0.15) is 0 Å². The summed E-state index contributed by atoms with van der Waals surface area (Å²) >= 11 is 0. The van der Waals surface area contributed by atoms with E-state index >= 15 is 0 Å². The lowest BCUT2D eigenvalue weighted by molar-refractivity contribution is 0.216. The van der Waals surface area contributed by atoms with Gasteiger partial charge in [0.2, 0.25) is 0 Å². The normalized spacial score (nSPS) is 9.40. The van der Waals surface area contributed by atoms with E-state index in [-0.39, 0.29) is 6.03 Å². The second-order valence-corrected chi connectivity index (χ2v) is 2.02. The summed E-state index contributed by atoms with van der Waals surface area (Å²) in [6.45, 7) is 0. The van der Waals surface area contributed by atoms with E-state index in [1.807, 2.05) is 0 Å². The first-order valence-corrected chi connectivity index (χ1v) is 2.78. The molecule has 1 heterocycles. The average Bonchev–Trinajstić information content (AvgIpc) is 2.36. The molecule has 0 fully saturated rings. The Kier molecular flexibility index (Phi) is 1.66. The number of carbonyl (C=O) groups excluding carboxylic acids is 1. The van der Waals surface area contributed by atoms with Crippen molar-refractivity contribution >= 4 is 6.03 Å². The summed E-state index contributed by atoms with van der Waals surface area (Å²) in [5.74, 6) is 0. The molecule has 0 bridgehead atoms. The van der Waals surface area contributed by atoms with Crippen LogP contribution in [0.25, 0.3) is 0 Å². The maximum absolute atomic E-state index is 11.0. The lowest BCUT2D eigenvalue weighted by Crippen LogP contribution is -2.27. The third-order valence-electron chi connectivity index (χ3n) is 0.997. The SMILES string of the molecule is CN(C)C(=O)n1cncn1. The van der Waals surface area contributed by atoms with Crippen LogP contribution in [0.4, 0.5) is 4.79 Å². The van der Waals surface area contributed by atoms with Crippen LogP contribution in [0, 0.1) is 0 Å². The Morgan fingerprint density at radius 3 is 2.70 bits per heavy atom. The number of nitrogens with zero attached hydrogens (tertiary/aromatic N) is 4. The lowest BCUT2D eigenvalue weighted by Gasteiger charge is -2.07. The van der Waals surface area contributed by atoms with Crippen LogP contribution in [0.2, 0.25) is 0 Å². The molecule has 1 rings (SSSR count). The van der Waals surface area contributed by atoms with Crippen molar-refractivity contribution in [2.24, 2.45) is 0 Å². The molecule has 0 saturated heterocycles. The minimum Gasteiger partial charge on any atom is -0.329 e. The molecule has 5 nitrogen and oxygen atoms in total. The molecule has 1 aromatic rings. The number of aromatic nitrogens is 3. The quantitative estimate of drug-likeness (QED) is 0.501. The van der Waals surface area contributed by atoms with Gasteiger partial charge >= 0.3 is 6.03 Å². The van der Waals surface area contributed by atoms with Gasteiger partial charge in [0.1, 0.15) is 12.7 Å². The van der Waals surface area contributed by atoms with E-state index in [0.717, 1.165) is 0 Å². The Labute approximate surface area is 58.3 Å². The minimum atomic E-state index is -0.197. The van der Waals surface area contributed by atoms with Crippen molar-refractivity contribution in [2.75, 3.05) is 14.1 Å². The van der Waals surface area contributed by atoms with E-state index in [1.54, 1.807) is 14.1 Å². The van der Waals surface area contributed by atoms with Gasteiger partial charge in [0.05, 0.1) is 0 Å². The number of hydrogen-bond acceptors (Lipinski definition) is 3. The molecule has 0 aliphatic rings. The van der Waals surface area contributed by atoms with E-state index in [2.05, 4.69) is 10.1 Å². The molecule has 1 aromatic heterocycles. The fourth-order valence-corrected chi connectivity index (χ4v) is 0.512. The third kappa shape index (κ3) is 1.12. The van der Waals surface area contributed by atoms with Crippen molar-refractivity contribution in [1.82, 2.24) is 19.7 Å². The number of hydrogen-bond donors (Lipinski definition) is 0. The first kappa shape index (κ1) is 6.73. The Morgan fingerprint density at radius 1 is 1.60 bits per heavy atom. The molecule has 54 valence electrons. The molecule has 0 N–H and O–H groups in total. The zero-order chi connectivity index (χ0) is 7.56. The van der Waals surface area contributed by atoms with Gasteiger partial charge in [-0.1, -0.05) is 0 Å². The second-order valence-electron chi connectivity index (χ2n) is 2.02. The van der Waals surface area contributed by atoms with Crippen LogP contribution in [-0.4, -0.2) is 39.8 Å². The lowest BCUT2D eigenvalue weighted by atomic mass is 10.8. The van der Waals surface area contributed by atoms with E-state index in [0.29, 0.717) is 0 Å². The highest BCUT2D eigenvalue weighted by atomic mass is 16.2. The summed E-state index contributed by atoms with van der Waals surface area (Å²) in [7, 11) is 3.31. The highest BCUT2D eigenvalue weighted by Gasteiger charge is 2.04. The van der Waals surface area contributed by atoms with Gasteiger partial charge < -0.3 is 4.90 Å². The van der Waals surface area contributed by atoms with Crippen molar-refractivity contribution in [3.63, 3.8) is 0 Å². The standard InChI is InChI=1S/C5H8N4O/c1-8(2)5(10)9-4-6-3-7-9/h3-4H,1-2H3. The van der Waals surface area contributed by atoms with Crippen molar-refractivity contribution in [2.45, 2.75) is 0 Å². The summed E-state index contributed by atoms with van der Waals surface area (Å²) in [5, 5.41) is 3.65. The van der Waals surface area contributed by atoms with Crippen molar-refractivity contribution in [3.8, 4) is 0 Å². The minimum absolute atomic E-state index is 0.197. The molecule has 10 heavy (non-hydrogen) atoms. The van der Waals surface area contributed by atoms with Crippen LogP contribution in [-0.2, 0) is 0 Å². The summed E-state index contributed by atoms with van der Waals surface area (Å²) < 4.78 is 1.17. The molecule has 5 heteroatoms. The van der Waals surface area contributed by atoms with Crippen LogP contribution in [0.3, 0.4) is 0 Å². The molecule has 0 saturated carbocycles. The molecular formula is C5H8N4O. The number of rotatable bonds is 0. The highest BCUT2D eigenvalue weighted by Crippen LogP contribution is 1.84. The summed E-state index contributed by atoms with van der Waals surface area (Å²) in [6, 6.07) is -0.197. The third-order valence-corrected chi connectivity index (χ3v) is 0.997. The van der Waals surface area contributed by atoms with Gasteiger partial charge in [0.25, 0.3) is 0 Å². The van der Waals surface area contributed by atoms with Crippen molar-refractivity contribution < 1.29 is 4.79 Å². The molecular weight excluding hydrogens is 132 g/mol. The van der Waals surface area contributed by atoms with Gasteiger partial charge in [-0.15, -0.1) is 0 Å². The van der Waals surface area contributed by atoms with E-state index in [4.69, 9.17) is 0 Å². The van der Waals surface area contributed by atoms with Crippen molar-refractivity contribution in [3.05, 3.63) is 12.7 Å². The fourth-order valence-electron chi connectivity index (χ4n) is 0.512. The van der Waals surface area contributed by atoms with Crippen LogP contribution in [0.15, 0.2) is 12.7 Å². The predicted molar refractivity (Wildman–Crippen MR) is 34.5 cm³/mol. The molecule has 0 aliphatic carbocycles. The largest absolute Gasteiger partial charge is 0.345 e. The molecule has 0 atom stereocenters. The molecule has 0 spiro atoms. The molecule has 1 amide bonds. The highest BCUT2D eigenvalue weighted by molar-refractivity contribution is 5.74. The fraction of sp³-hybridized carbons (Fsp3) is 0.400. The Bertz CT molecular complexity index is 216. The number of amides is 1. The van der Waals surface area contributed by atoms with Gasteiger partial charge in [0.15, 0.2) is 0 Å². The van der Waals surface area contributed by atoms with E-state index in [1.165, 1.54) is 22.2 Å². The zero-order valence-electron chi connectivity index (χ0n) is 5.85. The first-order valence-electron chi connectivity index (χ1n) is 2.78. The van der Waals surface area contributed by atoms with Crippen LogP contribution in [0.5, 0.6) is 0 Å². The second kappa shape index (κ2) is 2.47. The number of carbonyl (C=O) groups is 1. The summed E-state index contributed by atoms with van der Waals surface area (Å²) in [6.07, 6.45) is 2.68. The van der Waals surface area contributed by atoms with E-state index in [9.17, 15) is 4.79 Å². The van der Waals surface area contributed by atoms with E-state index < -0.39 is 0 Å². The molecule has 0 aliphatic heterocycles. The van der Waals surface area contributed by atoms with Gasteiger partial charge in [-0.3, -0.25) is 0 Å². The van der Waals surface area contributed by atoms with Gasteiger partial charge in [-0.25, -0.2) is 9.78 Å². The van der Waals surface area contributed by atoms with Gasteiger partial charge in [0, 0.05) is 14.1 Å². The maximum atomic E-state index is 11.0. The zero-order valence-corrected chi connectivity index (χ0v) is 5.85.